The summed E-state index contributed by atoms with van der Waals surface area (Å²) in [5, 5.41) is 2.47. The molecule has 1 aromatic carbocycles. The van der Waals surface area contributed by atoms with Crippen molar-refractivity contribution in [1.82, 2.24) is 5.32 Å². The Hall–Kier alpha value is -2.12. The maximum atomic E-state index is 12.3. The van der Waals surface area contributed by atoms with Crippen LogP contribution in [0.2, 0.25) is 0 Å². The Morgan fingerprint density at radius 2 is 1.82 bits per heavy atom. The number of rotatable bonds is 7. The molecule has 8 heteroatoms. The SMILES string of the molecule is CCOC(=O)NCCOc1ccc(OC(C)C(F)(F)F)cc1. The predicted octanol–water partition coefficient (Wildman–Crippen LogP) is 3.14. The molecule has 22 heavy (non-hydrogen) atoms. The lowest BCUT2D eigenvalue weighted by Crippen LogP contribution is -2.31. The maximum absolute atomic E-state index is 12.3. The van der Waals surface area contributed by atoms with Gasteiger partial charge in [-0.25, -0.2) is 4.79 Å². The van der Waals surface area contributed by atoms with Crippen molar-refractivity contribution >= 4 is 6.09 Å². The van der Waals surface area contributed by atoms with Crippen LogP contribution in [0.5, 0.6) is 11.5 Å². The van der Waals surface area contributed by atoms with Crippen molar-refractivity contribution in [3.05, 3.63) is 24.3 Å². The van der Waals surface area contributed by atoms with Crippen molar-refractivity contribution in [3.63, 3.8) is 0 Å². The molecule has 0 spiro atoms. The molecule has 0 aliphatic rings. The highest BCUT2D eigenvalue weighted by atomic mass is 19.4. The second-order valence-corrected chi connectivity index (χ2v) is 4.27. The zero-order valence-electron chi connectivity index (χ0n) is 12.3. The van der Waals surface area contributed by atoms with Gasteiger partial charge in [-0.1, -0.05) is 0 Å². The van der Waals surface area contributed by atoms with E-state index in [0.717, 1.165) is 6.92 Å². The van der Waals surface area contributed by atoms with Crippen LogP contribution in [0, 0.1) is 0 Å². The smallest absolute Gasteiger partial charge is 0.425 e. The van der Waals surface area contributed by atoms with Gasteiger partial charge in [0.2, 0.25) is 0 Å². The fourth-order valence-electron chi connectivity index (χ4n) is 1.39. The summed E-state index contributed by atoms with van der Waals surface area (Å²) in [6.07, 6.45) is -6.82. The van der Waals surface area contributed by atoms with Gasteiger partial charge in [-0.15, -0.1) is 0 Å². The monoisotopic (exact) mass is 321 g/mol. The van der Waals surface area contributed by atoms with Crippen molar-refractivity contribution in [2.75, 3.05) is 19.8 Å². The highest BCUT2D eigenvalue weighted by Gasteiger charge is 2.37. The summed E-state index contributed by atoms with van der Waals surface area (Å²) < 4.78 is 51.8. The Morgan fingerprint density at radius 3 is 2.36 bits per heavy atom. The van der Waals surface area contributed by atoms with Crippen LogP contribution >= 0.6 is 0 Å². The second-order valence-electron chi connectivity index (χ2n) is 4.27. The summed E-state index contributed by atoms with van der Waals surface area (Å²) in [6, 6.07) is 5.75. The third kappa shape index (κ3) is 6.55. The molecule has 1 aromatic rings. The number of alkyl carbamates (subject to hydrolysis) is 1. The molecular formula is C14H18F3NO4. The van der Waals surface area contributed by atoms with Crippen LogP contribution in [0.25, 0.3) is 0 Å². The molecule has 0 aliphatic heterocycles. The number of benzene rings is 1. The summed E-state index contributed by atoms with van der Waals surface area (Å²) in [4.78, 5) is 11.0. The lowest BCUT2D eigenvalue weighted by atomic mass is 10.3. The molecule has 0 saturated heterocycles. The number of ether oxygens (including phenoxy) is 3. The number of carbonyl (C=O) groups excluding carboxylic acids is 1. The number of nitrogens with one attached hydrogen (secondary N) is 1. The van der Waals surface area contributed by atoms with Crippen molar-refractivity contribution in [2.45, 2.75) is 26.1 Å². The minimum absolute atomic E-state index is 0.0989. The Balaban J connectivity index is 2.34. The molecule has 0 aliphatic carbocycles. The standard InChI is InChI=1S/C14H18F3NO4/c1-3-20-13(19)18-8-9-21-11-4-6-12(7-5-11)22-10(2)14(15,16)17/h4-7,10H,3,8-9H2,1-2H3,(H,18,19). The average Bonchev–Trinajstić information content (AvgIpc) is 2.44. The molecule has 0 radical (unpaired) electrons. The number of alkyl halides is 3. The topological polar surface area (TPSA) is 56.8 Å². The Bertz CT molecular complexity index is 462. The van der Waals surface area contributed by atoms with E-state index >= 15 is 0 Å². The maximum Gasteiger partial charge on any atom is 0.425 e. The molecule has 0 saturated carbocycles. The van der Waals surface area contributed by atoms with Crippen LogP contribution in [-0.2, 0) is 4.74 Å². The molecule has 0 heterocycles. The lowest BCUT2D eigenvalue weighted by molar-refractivity contribution is -0.189. The van der Waals surface area contributed by atoms with E-state index in [4.69, 9.17) is 9.47 Å². The summed E-state index contributed by atoms with van der Waals surface area (Å²) >= 11 is 0. The van der Waals surface area contributed by atoms with Crippen LogP contribution in [0.1, 0.15) is 13.8 Å². The molecule has 1 unspecified atom stereocenters. The number of halogens is 3. The Labute approximate surface area is 126 Å². The first-order valence-electron chi connectivity index (χ1n) is 6.69. The van der Waals surface area contributed by atoms with Crippen LogP contribution in [-0.4, -0.2) is 38.1 Å². The van der Waals surface area contributed by atoms with E-state index in [1.807, 2.05) is 0 Å². The Kier molecular flexibility index (Phi) is 6.81. The van der Waals surface area contributed by atoms with E-state index < -0.39 is 18.4 Å². The largest absolute Gasteiger partial charge is 0.492 e. The summed E-state index contributed by atoms with van der Waals surface area (Å²) in [7, 11) is 0. The Morgan fingerprint density at radius 1 is 1.23 bits per heavy atom. The fraction of sp³-hybridized carbons (Fsp3) is 0.500. The van der Waals surface area contributed by atoms with Gasteiger partial charge >= 0.3 is 12.3 Å². The van der Waals surface area contributed by atoms with Gasteiger partial charge in [-0.3, -0.25) is 0 Å². The van der Waals surface area contributed by atoms with E-state index in [1.165, 1.54) is 24.3 Å². The number of carbonyl (C=O) groups is 1. The lowest BCUT2D eigenvalue weighted by Gasteiger charge is -2.17. The minimum atomic E-state index is -4.41. The van der Waals surface area contributed by atoms with Gasteiger partial charge < -0.3 is 19.5 Å². The van der Waals surface area contributed by atoms with Crippen LogP contribution in [0.4, 0.5) is 18.0 Å². The number of hydrogen-bond acceptors (Lipinski definition) is 4. The normalized spacial score (nSPS) is 12.4. The zero-order valence-corrected chi connectivity index (χ0v) is 12.3. The molecule has 0 fully saturated rings. The summed E-state index contributed by atoms with van der Waals surface area (Å²) in [6.45, 7) is 3.37. The quantitative estimate of drug-likeness (QED) is 0.784. The van der Waals surface area contributed by atoms with E-state index in [2.05, 4.69) is 10.1 Å². The first kappa shape index (κ1) is 17.9. The molecule has 1 amide bonds. The van der Waals surface area contributed by atoms with Gasteiger partial charge in [0.1, 0.15) is 18.1 Å². The molecule has 5 nitrogen and oxygen atoms in total. The molecule has 124 valence electrons. The van der Waals surface area contributed by atoms with Crippen molar-refractivity contribution in [3.8, 4) is 11.5 Å². The van der Waals surface area contributed by atoms with Crippen LogP contribution in [0.3, 0.4) is 0 Å². The van der Waals surface area contributed by atoms with E-state index in [0.29, 0.717) is 5.75 Å². The average molecular weight is 321 g/mol. The fourth-order valence-corrected chi connectivity index (χ4v) is 1.39. The summed E-state index contributed by atoms with van der Waals surface area (Å²) in [5.41, 5.74) is 0. The highest BCUT2D eigenvalue weighted by molar-refractivity contribution is 5.66. The van der Waals surface area contributed by atoms with Crippen LogP contribution < -0.4 is 14.8 Å². The molecule has 1 atom stereocenters. The van der Waals surface area contributed by atoms with Crippen molar-refractivity contribution in [2.24, 2.45) is 0 Å². The summed E-state index contributed by atoms with van der Waals surface area (Å²) in [5.74, 6) is 0.555. The van der Waals surface area contributed by atoms with Gasteiger partial charge in [-0.05, 0) is 38.1 Å². The van der Waals surface area contributed by atoms with Gasteiger partial charge in [0, 0.05) is 0 Å². The van der Waals surface area contributed by atoms with E-state index in [-0.39, 0.29) is 25.5 Å². The van der Waals surface area contributed by atoms with E-state index in [9.17, 15) is 18.0 Å². The first-order valence-corrected chi connectivity index (χ1v) is 6.69. The van der Waals surface area contributed by atoms with Gasteiger partial charge in [-0.2, -0.15) is 13.2 Å². The number of hydrogen-bond donors (Lipinski definition) is 1. The third-order valence-corrected chi connectivity index (χ3v) is 2.51. The van der Waals surface area contributed by atoms with Crippen molar-refractivity contribution < 1.29 is 32.2 Å². The highest BCUT2D eigenvalue weighted by Crippen LogP contribution is 2.26. The van der Waals surface area contributed by atoms with Crippen molar-refractivity contribution in [1.29, 1.82) is 0 Å². The van der Waals surface area contributed by atoms with Crippen LogP contribution in [0.15, 0.2) is 24.3 Å². The predicted molar refractivity (Wildman–Crippen MR) is 73.1 cm³/mol. The second kappa shape index (κ2) is 8.35. The first-order chi connectivity index (χ1) is 10.3. The molecule has 0 aromatic heterocycles. The van der Waals surface area contributed by atoms with Gasteiger partial charge in [0.05, 0.1) is 13.2 Å². The molecule has 0 bridgehead atoms. The van der Waals surface area contributed by atoms with Gasteiger partial charge in [0.25, 0.3) is 0 Å². The molecule has 1 rings (SSSR count). The van der Waals surface area contributed by atoms with E-state index in [1.54, 1.807) is 6.92 Å². The number of amides is 1. The molecule has 1 N–H and O–H groups in total. The molecular weight excluding hydrogens is 303 g/mol. The third-order valence-electron chi connectivity index (χ3n) is 2.51. The minimum Gasteiger partial charge on any atom is -0.492 e. The van der Waals surface area contributed by atoms with Gasteiger partial charge in [0.15, 0.2) is 6.10 Å². The zero-order chi connectivity index (χ0) is 16.6.